The van der Waals surface area contributed by atoms with Crippen molar-refractivity contribution in [2.45, 2.75) is 31.0 Å². The number of rotatable bonds is 6. The molecule has 3 heteroatoms. The van der Waals surface area contributed by atoms with Gasteiger partial charge in [-0.3, -0.25) is 0 Å². The summed E-state index contributed by atoms with van der Waals surface area (Å²) >= 11 is 1.86. The van der Waals surface area contributed by atoms with E-state index >= 15 is 0 Å². The molecule has 0 fully saturated rings. The molecule has 2 aromatic carbocycles. The van der Waals surface area contributed by atoms with Crippen LogP contribution in [0.15, 0.2) is 41.3 Å². The molecule has 0 aliphatic carbocycles. The monoisotopic (exact) mass is 301 g/mol. The van der Waals surface area contributed by atoms with Crippen molar-refractivity contribution in [3.63, 3.8) is 0 Å². The van der Waals surface area contributed by atoms with Gasteiger partial charge in [-0.25, -0.2) is 0 Å². The van der Waals surface area contributed by atoms with Crippen molar-refractivity contribution >= 4 is 11.8 Å². The van der Waals surface area contributed by atoms with Gasteiger partial charge in [0.25, 0.3) is 0 Å². The zero-order chi connectivity index (χ0) is 15.2. The highest BCUT2D eigenvalue weighted by Gasteiger charge is 2.07. The fourth-order valence-electron chi connectivity index (χ4n) is 2.38. The first-order chi connectivity index (χ1) is 10.1. The predicted octanol–water partition coefficient (Wildman–Crippen LogP) is 4.32. The standard InChI is InChI=1S/C18H23NOS/c1-13-5-8-18(14(2)9-13)21-12-16-10-15(11-19-3)6-7-17(16)20-4/h5-10,19H,11-12H2,1-4H3. The quantitative estimate of drug-likeness (QED) is 0.803. The highest BCUT2D eigenvalue weighted by molar-refractivity contribution is 7.98. The molecule has 0 atom stereocenters. The predicted molar refractivity (Wildman–Crippen MR) is 91.2 cm³/mol. The largest absolute Gasteiger partial charge is 0.496 e. The van der Waals surface area contributed by atoms with Crippen LogP contribution in [0, 0.1) is 13.8 Å². The Hall–Kier alpha value is -1.45. The zero-order valence-corrected chi connectivity index (χ0v) is 14.0. The summed E-state index contributed by atoms with van der Waals surface area (Å²) in [4.78, 5) is 1.33. The van der Waals surface area contributed by atoms with Crippen LogP contribution in [-0.4, -0.2) is 14.2 Å². The summed E-state index contributed by atoms with van der Waals surface area (Å²) in [5.74, 6) is 1.89. The van der Waals surface area contributed by atoms with Crippen molar-refractivity contribution in [1.82, 2.24) is 5.32 Å². The molecule has 0 saturated carbocycles. The van der Waals surface area contributed by atoms with Crippen LogP contribution < -0.4 is 10.1 Å². The van der Waals surface area contributed by atoms with Gasteiger partial charge < -0.3 is 10.1 Å². The number of benzene rings is 2. The van der Waals surface area contributed by atoms with Gasteiger partial charge in [0, 0.05) is 22.8 Å². The summed E-state index contributed by atoms with van der Waals surface area (Å²) in [6.45, 7) is 5.18. The Morgan fingerprint density at radius 3 is 2.57 bits per heavy atom. The molecule has 0 radical (unpaired) electrons. The Morgan fingerprint density at radius 2 is 1.90 bits per heavy atom. The number of thioether (sulfide) groups is 1. The second kappa shape index (κ2) is 7.53. The molecule has 0 amide bonds. The zero-order valence-electron chi connectivity index (χ0n) is 13.2. The SMILES string of the molecule is CNCc1ccc(OC)c(CSc2ccc(C)cc2C)c1. The second-order valence-corrected chi connectivity index (χ2v) is 6.25. The van der Waals surface area contributed by atoms with Gasteiger partial charge in [-0.15, -0.1) is 11.8 Å². The molecule has 1 N–H and O–H groups in total. The third kappa shape index (κ3) is 4.26. The highest BCUT2D eigenvalue weighted by atomic mass is 32.2. The highest BCUT2D eigenvalue weighted by Crippen LogP contribution is 2.30. The summed E-state index contributed by atoms with van der Waals surface area (Å²) in [7, 11) is 3.70. The molecule has 0 spiro atoms. The molecule has 0 aliphatic heterocycles. The minimum absolute atomic E-state index is 0.880. The molecule has 0 aromatic heterocycles. The summed E-state index contributed by atoms with van der Waals surface area (Å²) in [6, 6.07) is 13.0. The smallest absolute Gasteiger partial charge is 0.122 e. The Bertz CT molecular complexity index is 610. The first-order valence-corrected chi connectivity index (χ1v) is 8.13. The summed E-state index contributed by atoms with van der Waals surface area (Å²) in [5, 5.41) is 3.19. The molecule has 0 unspecified atom stereocenters. The van der Waals surface area contributed by atoms with E-state index in [0.717, 1.165) is 18.0 Å². The summed E-state index contributed by atoms with van der Waals surface area (Å²) < 4.78 is 5.48. The fourth-order valence-corrected chi connectivity index (χ4v) is 3.36. The number of ether oxygens (including phenoxy) is 1. The second-order valence-electron chi connectivity index (χ2n) is 5.23. The molecule has 2 rings (SSSR count). The molecule has 21 heavy (non-hydrogen) atoms. The molecule has 112 valence electrons. The summed E-state index contributed by atoms with van der Waals surface area (Å²) in [5.41, 5.74) is 5.18. The van der Waals surface area contributed by atoms with Crippen molar-refractivity contribution in [2.24, 2.45) is 0 Å². The lowest BCUT2D eigenvalue weighted by Crippen LogP contribution is -2.05. The Kier molecular flexibility index (Phi) is 5.71. The Labute approximate surface area is 131 Å². The van der Waals surface area contributed by atoms with Crippen LogP contribution in [0.2, 0.25) is 0 Å². The number of nitrogens with one attached hydrogen (secondary N) is 1. The van der Waals surface area contributed by atoms with Crippen LogP contribution in [0.5, 0.6) is 5.75 Å². The Balaban J connectivity index is 2.16. The number of methoxy groups -OCH3 is 1. The van der Waals surface area contributed by atoms with E-state index in [1.807, 2.05) is 18.8 Å². The van der Waals surface area contributed by atoms with Crippen LogP contribution in [0.4, 0.5) is 0 Å². The topological polar surface area (TPSA) is 21.3 Å². The van der Waals surface area contributed by atoms with E-state index in [-0.39, 0.29) is 0 Å². The maximum Gasteiger partial charge on any atom is 0.122 e. The number of hydrogen-bond donors (Lipinski definition) is 1. The average Bonchev–Trinajstić information content (AvgIpc) is 2.47. The van der Waals surface area contributed by atoms with Crippen molar-refractivity contribution < 1.29 is 4.74 Å². The molecule has 0 bridgehead atoms. The third-order valence-corrected chi connectivity index (χ3v) is 4.66. The lowest BCUT2D eigenvalue weighted by atomic mass is 10.1. The molecular formula is C18H23NOS. The van der Waals surface area contributed by atoms with Gasteiger partial charge in [-0.05, 0) is 50.2 Å². The van der Waals surface area contributed by atoms with Gasteiger partial charge in [-0.2, -0.15) is 0 Å². The molecule has 2 aromatic rings. The van der Waals surface area contributed by atoms with Crippen molar-refractivity contribution in [3.05, 3.63) is 58.7 Å². The molecule has 0 saturated heterocycles. The van der Waals surface area contributed by atoms with Gasteiger partial charge >= 0.3 is 0 Å². The minimum atomic E-state index is 0.880. The first kappa shape index (κ1) is 15.9. The van der Waals surface area contributed by atoms with Crippen LogP contribution in [0.25, 0.3) is 0 Å². The van der Waals surface area contributed by atoms with E-state index in [1.165, 1.54) is 27.1 Å². The lowest BCUT2D eigenvalue weighted by Gasteiger charge is -2.12. The van der Waals surface area contributed by atoms with Crippen LogP contribution in [0.1, 0.15) is 22.3 Å². The van der Waals surface area contributed by atoms with Gasteiger partial charge in [0.15, 0.2) is 0 Å². The molecule has 0 heterocycles. The lowest BCUT2D eigenvalue weighted by molar-refractivity contribution is 0.411. The maximum absolute atomic E-state index is 5.48. The van der Waals surface area contributed by atoms with Crippen molar-refractivity contribution in [2.75, 3.05) is 14.2 Å². The van der Waals surface area contributed by atoms with Crippen LogP contribution in [-0.2, 0) is 12.3 Å². The number of hydrogen-bond acceptors (Lipinski definition) is 3. The van der Waals surface area contributed by atoms with Gasteiger partial charge in [-0.1, -0.05) is 23.8 Å². The fraction of sp³-hybridized carbons (Fsp3) is 0.333. The van der Waals surface area contributed by atoms with E-state index in [9.17, 15) is 0 Å². The van der Waals surface area contributed by atoms with E-state index in [1.54, 1.807) is 7.11 Å². The summed E-state index contributed by atoms with van der Waals surface area (Å²) in [6.07, 6.45) is 0. The van der Waals surface area contributed by atoms with Gasteiger partial charge in [0.05, 0.1) is 7.11 Å². The van der Waals surface area contributed by atoms with Crippen molar-refractivity contribution in [3.8, 4) is 5.75 Å². The van der Waals surface area contributed by atoms with E-state index < -0.39 is 0 Å². The normalized spacial score (nSPS) is 10.7. The van der Waals surface area contributed by atoms with Crippen LogP contribution in [0.3, 0.4) is 0 Å². The first-order valence-electron chi connectivity index (χ1n) is 7.14. The van der Waals surface area contributed by atoms with E-state index in [2.05, 4.69) is 55.6 Å². The molecule has 2 nitrogen and oxygen atoms in total. The molecule has 0 aliphatic rings. The maximum atomic E-state index is 5.48. The van der Waals surface area contributed by atoms with Crippen LogP contribution >= 0.6 is 11.8 Å². The average molecular weight is 301 g/mol. The van der Waals surface area contributed by atoms with E-state index in [4.69, 9.17) is 4.74 Å². The van der Waals surface area contributed by atoms with Gasteiger partial charge in [0.1, 0.15) is 5.75 Å². The molecular weight excluding hydrogens is 278 g/mol. The van der Waals surface area contributed by atoms with Gasteiger partial charge in [0.2, 0.25) is 0 Å². The van der Waals surface area contributed by atoms with Crippen molar-refractivity contribution in [1.29, 1.82) is 0 Å². The number of aryl methyl sites for hydroxylation is 2. The van der Waals surface area contributed by atoms with E-state index in [0.29, 0.717) is 0 Å². The third-order valence-electron chi connectivity index (χ3n) is 3.44. The Morgan fingerprint density at radius 1 is 1.10 bits per heavy atom. The minimum Gasteiger partial charge on any atom is -0.496 e.